The van der Waals surface area contributed by atoms with Crippen LogP contribution in [0.2, 0.25) is 0 Å². The molecule has 7 heteroatoms. The van der Waals surface area contributed by atoms with Crippen LogP contribution in [0.3, 0.4) is 0 Å². The van der Waals surface area contributed by atoms with Crippen LogP contribution in [0.5, 0.6) is 0 Å². The molecule has 28 heavy (non-hydrogen) atoms. The highest BCUT2D eigenvalue weighted by Gasteiger charge is 2.27. The van der Waals surface area contributed by atoms with Crippen LogP contribution in [0, 0.1) is 13.8 Å². The normalized spacial score (nSPS) is 19.2. The number of thioether (sulfide) groups is 1. The fraction of sp³-hybridized carbons (Fsp3) is 0.571. The van der Waals surface area contributed by atoms with E-state index in [9.17, 15) is 9.59 Å². The largest absolute Gasteiger partial charge is 0.352 e. The lowest BCUT2D eigenvalue weighted by Gasteiger charge is -2.40. The molecule has 2 amide bonds. The average molecular weight is 422 g/mol. The van der Waals surface area contributed by atoms with Crippen LogP contribution in [0.4, 0.5) is 5.69 Å². The van der Waals surface area contributed by atoms with Crippen molar-refractivity contribution in [1.29, 1.82) is 0 Å². The quantitative estimate of drug-likeness (QED) is 0.729. The second-order valence-electron chi connectivity index (χ2n) is 7.66. The van der Waals surface area contributed by atoms with Gasteiger partial charge in [0.15, 0.2) is 0 Å². The third-order valence-corrected chi connectivity index (χ3v) is 6.69. The fourth-order valence-electron chi connectivity index (χ4n) is 3.58. The van der Waals surface area contributed by atoms with Gasteiger partial charge in [-0.1, -0.05) is 42.2 Å². The van der Waals surface area contributed by atoms with Crippen LogP contribution in [0.1, 0.15) is 44.2 Å². The molecule has 0 radical (unpaired) electrons. The maximum Gasteiger partial charge on any atom is 0.243 e. The standard InChI is InChI=1S/C21H31N3O2S2/c1-14-8-6-9-15(2)20(14)22-18(25)12-23(5)19(26)13-28-21(27)24-16(3)10-7-11-17(24)4/h6,8-9,16-17H,7,10-13H2,1-5H3,(H,22,25)/t16-,17-/m1/s1. The first kappa shape index (κ1) is 22.7. The Labute approximate surface area is 178 Å². The zero-order valence-electron chi connectivity index (χ0n) is 17.4. The van der Waals surface area contributed by atoms with E-state index >= 15 is 0 Å². The molecule has 1 aliphatic rings. The van der Waals surface area contributed by atoms with Crippen LogP contribution in [-0.2, 0) is 9.59 Å². The van der Waals surface area contributed by atoms with E-state index < -0.39 is 0 Å². The molecule has 0 aliphatic carbocycles. The number of amides is 2. The summed E-state index contributed by atoms with van der Waals surface area (Å²) in [6.45, 7) is 8.31. The van der Waals surface area contributed by atoms with Crippen molar-refractivity contribution in [2.24, 2.45) is 0 Å². The number of anilines is 1. The fourth-order valence-corrected chi connectivity index (χ4v) is 5.10. The highest BCUT2D eigenvalue weighted by Crippen LogP contribution is 2.26. The number of benzene rings is 1. The first-order valence-electron chi connectivity index (χ1n) is 9.75. The SMILES string of the molecule is Cc1cccc(C)c1NC(=O)CN(C)C(=O)CSC(=S)N1[C@H](C)CCC[C@H]1C. The van der Waals surface area contributed by atoms with Crippen LogP contribution in [0.25, 0.3) is 0 Å². The van der Waals surface area contributed by atoms with E-state index in [0.717, 1.165) is 34.0 Å². The number of hydrogen-bond acceptors (Lipinski definition) is 4. The Morgan fingerprint density at radius 3 is 2.36 bits per heavy atom. The molecular weight excluding hydrogens is 390 g/mol. The number of hydrogen-bond donors (Lipinski definition) is 1. The van der Waals surface area contributed by atoms with Gasteiger partial charge >= 0.3 is 0 Å². The summed E-state index contributed by atoms with van der Waals surface area (Å²) in [5, 5.41) is 2.92. The van der Waals surface area contributed by atoms with E-state index in [1.807, 2.05) is 32.0 Å². The number of rotatable bonds is 5. The third kappa shape index (κ3) is 5.95. The molecule has 2 rings (SSSR count). The maximum absolute atomic E-state index is 12.5. The Morgan fingerprint density at radius 1 is 1.21 bits per heavy atom. The monoisotopic (exact) mass is 421 g/mol. The predicted molar refractivity (Wildman–Crippen MR) is 122 cm³/mol. The van der Waals surface area contributed by atoms with Crippen LogP contribution in [-0.4, -0.2) is 57.4 Å². The van der Waals surface area contributed by atoms with Crippen molar-refractivity contribution in [3.63, 3.8) is 0 Å². The minimum Gasteiger partial charge on any atom is -0.352 e. The van der Waals surface area contributed by atoms with Crippen LogP contribution in [0.15, 0.2) is 18.2 Å². The Balaban J connectivity index is 1.83. The number of nitrogens with one attached hydrogen (secondary N) is 1. The zero-order valence-corrected chi connectivity index (χ0v) is 19.1. The van der Waals surface area contributed by atoms with E-state index in [2.05, 4.69) is 24.1 Å². The topological polar surface area (TPSA) is 52.7 Å². The lowest BCUT2D eigenvalue weighted by atomic mass is 9.99. The van der Waals surface area contributed by atoms with Gasteiger partial charge in [-0.15, -0.1) is 0 Å². The van der Waals surface area contributed by atoms with Crippen molar-refractivity contribution >= 4 is 45.8 Å². The first-order chi connectivity index (χ1) is 13.2. The van der Waals surface area contributed by atoms with E-state index in [-0.39, 0.29) is 24.1 Å². The predicted octanol–water partition coefficient (Wildman–Crippen LogP) is 3.98. The summed E-state index contributed by atoms with van der Waals surface area (Å²) in [5.74, 6) is -0.0393. The third-order valence-electron chi connectivity index (χ3n) is 5.28. The number of thiocarbonyl (C=S) groups is 1. The summed E-state index contributed by atoms with van der Waals surface area (Å²) in [5.41, 5.74) is 2.83. The highest BCUT2D eigenvalue weighted by molar-refractivity contribution is 8.23. The molecule has 1 fully saturated rings. The molecular formula is C21H31N3O2S2. The number of likely N-dealkylation sites (tertiary alicyclic amines) is 1. The molecule has 1 N–H and O–H groups in total. The number of carbonyl (C=O) groups is 2. The lowest BCUT2D eigenvalue weighted by molar-refractivity contribution is -0.131. The van der Waals surface area contributed by atoms with Gasteiger partial charge in [-0.3, -0.25) is 9.59 Å². The minimum absolute atomic E-state index is 0.0243. The molecule has 0 aromatic heterocycles. The summed E-state index contributed by atoms with van der Waals surface area (Å²) in [7, 11) is 1.66. The van der Waals surface area contributed by atoms with E-state index in [1.54, 1.807) is 7.05 Å². The van der Waals surface area contributed by atoms with Gasteiger partial charge in [0.1, 0.15) is 4.32 Å². The van der Waals surface area contributed by atoms with E-state index in [4.69, 9.17) is 12.2 Å². The number of para-hydroxylation sites is 1. The lowest BCUT2D eigenvalue weighted by Crippen LogP contribution is -2.46. The van der Waals surface area contributed by atoms with Gasteiger partial charge in [0.25, 0.3) is 0 Å². The summed E-state index contributed by atoms with van der Waals surface area (Å²) < 4.78 is 0.779. The number of piperidine rings is 1. The van der Waals surface area contributed by atoms with E-state index in [1.165, 1.54) is 23.1 Å². The molecule has 0 unspecified atom stereocenters. The first-order valence-corrected chi connectivity index (χ1v) is 11.1. The van der Waals surface area contributed by atoms with Crippen molar-refractivity contribution < 1.29 is 9.59 Å². The van der Waals surface area contributed by atoms with E-state index in [0.29, 0.717) is 12.1 Å². The molecule has 1 heterocycles. The molecule has 1 aromatic rings. The smallest absolute Gasteiger partial charge is 0.243 e. The van der Waals surface area contributed by atoms with Gasteiger partial charge in [0.05, 0.1) is 12.3 Å². The molecule has 1 aromatic carbocycles. The Hall–Kier alpha value is -1.60. The molecule has 2 atom stereocenters. The van der Waals surface area contributed by atoms with Crippen molar-refractivity contribution in [1.82, 2.24) is 9.80 Å². The molecule has 0 spiro atoms. The van der Waals surface area contributed by atoms with Crippen LogP contribution >= 0.6 is 24.0 Å². The number of likely N-dealkylation sites (N-methyl/N-ethyl adjacent to an activating group) is 1. The highest BCUT2D eigenvalue weighted by atomic mass is 32.2. The van der Waals surface area contributed by atoms with Crippen molar-refractivity contribution in [3.05, 3.63) is 29.3 Å². The maximum atomic E-state index is 12.5. The van der Waals surface area contributed by atoms with Gasteiger partial charge < -0.3 is 15.1 Å². The number of nitrogens with zero attached hydrogens (tertiary/aromatic N) is 2. The summed E-state index contributed by atoms with van der Waals surface area (Å²) in [4.78, 5) is 28.5. The second kappa shape index (κ2) is 10.3. The number of carbonyl (C=O) groups excluding carboxylic acids is 2. The van der Waals surface area contributed by atoms with Crippen molar-refractivity contribution in [2.75, 3.05) is 24.7 Å². The number of aryl methyl sites for hydroxylation is 2. The molecule has 154 valence electrons. The van der Waals surface area contributed by atoms with Crippen molar-refractivity contribution in [3.8, 4) is 0 Å². The van der Waals surface area contributed by atoms with Gasteiger partial charge in [0, 0.05) is 24.8 Å². The van der Waals surface area contributed by atoms with Gasteiger partial charge in [-0.25, -0.2) is 0 Å². The zero-order chi connectivity index (χ0) is 20.8. The molecule has 5 nitrogen and oxygen atoms in total. The van der Waals surface area contributed by atoms with Gasteiger partial charge in [-0.2, -0.15) is 0 Å². The average Bonchev–Trinajstić information content (AvgIpc) is 2.62. The second-order valence-corrected chi connectivity index (χ2v) is 9.26. The molecule has 1 saturated heterocycles. The molecule has 0 saturated carbocycles. The van der Waals surface area contributed by atoms with Gasteiger partial charge in [0.2, 0.25) is 11.8 Å². The Morgan fingerprint density at radius 2 is 1.79 bits per heavy atom. The van der Waals surface area contributed by atoms with Crippen molar-refractivity contribution in [2.45, 2.75) is 59.0 Å². The minimum atomic E-state index is -0.195. The summed E-state index contributed by atoms with van der Waals surface area (Å²) >= 11 is 6.97. The Kier molecular flexibility index (Phi) is 8.31. The Bertz CT molecular complexity index is 708. The summed E-state index contributed by atoms with van der Waals surface area (Å²) in [6, 6.07) is 6.70. The summed E-state index contributed by atoms with van der Waals surface area (Å²) in [6.07, 6.45) is 3.50. The molecule has 0 bridgehead atoms. The molecule has 1 aliphatic heterocycles. The van der Waals surface area contributed by atoms with Crippen LogP contribution < -0.4 is 5.32 Å². The van der Waals surface area contributed by atoms with Gasteiger partial charge in [-0.05, 0) is 58.1 Å².